The van der Waals surface area contributed by atoms with Crippen molar-refractivity contribution in [3.8, 4) is 5.75 Å². The molecule has 0 saturated carbocycles. The van der Waals surface area contributed by atoms with E-state index in [1.54, 1.807) is 43.3 Å². The van der Waals surface area contributed by atoms with E-state index in [1.807, 2.05) is 0 Å². The van der Waals surface area contributed by atoms with Crippen LogP contribution in [0.4, 0.5) is 0 Å². The van der Waals surface area contributed by atoms with Gasteiger partial charge < -0.3 is 9.47 Å². The number of benzene rings is 2. The van der Waals surface area contributed by atoms with Crippen molar-refractivity contribution in [2.24, 2.45) is 0 Å². The Bertz CT molecular complexity index is 667. The third kappa shape index (κ3) is 4.07. The number of halogens is 1. The first kappa shape index (κ1) is 15.1. The van der Waals surface area contributed by atoms with Crippen molar-refractivity contribution >= 4 is 23.5 Å². The van der Waals surface area contributed by atoms with E-state index < -0.39 is 11.9 Å². The lowest BCUT2D eigenvalue weighted by Gasteiger charge is -2.06. The van der Waals surface area contributed by atoms with Gasteiger partial charge in [0.05, 0.1) is 17.7 Å². The molecule has 0 fully saturated rings. The highest BCUT2D eigenvalue weighted by Crippen LogP contribution is 2.18. The van der Waals surface area contributed by atoms with Crippen molar-refractivity contribution in [1.82, 2.24) is 0 Å². The number of ether oxygens (including phenoxy) is 2. The van der Waals surface area contributed by atoms with Gasteiger partial charge in [0.2, 0.25) is 0 Å². The summed E-state index contributed by atoms with van der Waals surface area (Å²) in [6.45, 7) is 1.99. The number of rotatable bonds is 4. The van der Waals surface area contributed by atoms with Gasteiger partial charge in [-0.15, -0.1) is 0 Å². The molecule has 0 N–H and O–H groups in total. The Labute approximate surface area is 127 Å². The summed E-state index contributed by atoms with van der Waals surface area (Å²) in [6, 6.07) is 12.7. The molecule has 108 valence electrons. The maximum absolute atomic E-state index is 12.0. The highest BCUT2D eigenvalue weighted by molar-refractivity contribution is 6.30. The molecule has 21 heavy (non-hydrogen) atoms. The Morgan fingerprint density at radius 1 is 1.00 bits per heavy atom. The minimum atomic E-state index is -0.566. The Hall–Kier alpha value is -2.33. The van der Waals surface area contributed by atoms with E-state index in [0.717, 1.165) is 0 Å². The molecule has 0 atom stereocenters. The minimum Gasteiger partial charge on any atom is -0.462 e. The van der Waals surface area contributed by atoms with Crippen LogP contribution in [0, 0.1) is 0 Å². The first-order chi connectivity index (χ1) is 10.1. The molecule has 4 nitrogen and oxygen atoms in total. The van der Waals surface area contributed by atoms with Crippen LogP contribution in [0.25, 0.3) is 0 Å². The van der Waals surface area contributed by atoms with E-state index in [-0.39, 0.29) is 12.2 Å². The number of hydrogen-bond donors (Lipinski definition) is 0. The van der Waals surface area contributed by atoms with Gasteiger partial charge in [-0.3, -0.25) is 0 Å². The summed E-state index contributed by atoms with van der Waals surface area (Å²) in [5, 5.41) is 0.473. The Morgan fingerprint density at radius 2 is 1.67 bits per heavy atom. The Balaban J connectivity index is 2.16. The topological polar surface area (TPSA) is 52.6 Å². The first-order valence-electron chi connectivity index (χ1n) is 6.35. The van der Waals surface area contributed by atoms with Gasteiger partial charge in [-0.05, 0) is 43.3 Å². The van der Waals surface area contributed by atoms with E-state index in [2.05, 4.69) is 0 Å². The molecular formula is C16H13ClO4. The molecule has 0 saturated heterocycles. The SMILES string of the molecule is CCOC(=O)c1cccc(C(=O)Oc2cccc(Cl)c2)c1. The van der Waals surface area contributed by atoms with Crippen LogP contribution in [-0.2, 0) is 4.74 Å². The van der Waals surface area contributed by atoms with Crippen molar-refractivity contribution in [2.45, 2.75) is 6.92 Å². The van der Waals surface area contributed by atoms with Gasteiger partial charge in [-0.25, -0.2) is 9.59 Å². The lowest BCUT2D eigenvalue weighted by Crippen LogP contribution is -2.11. The number of esters is 2. The molecule has 0 radical (unpaired) electrons. The van der Waals surface area contributed by atoms with Crippen molar-refractivity contribution in [2.75, 3.05) is 6.61 Å². The molecule has 0 aliphatic heterocycles. The second kappa shape index (κ2) is 6.90. The summed E-state index contributed by atoms with van der Waals surface area (Å²) in [4.78, 5) is 23.7. The molecule has 0 aromatic heterocycles. The summed E-state index contributed by atoms with van der Waals surface area (Å²) < 4.78 is 10.1. The number of hydrogen-bond acceptors (Lipinski definition) is 4. The van der Waals surface area contributed by atoms with Crippen molar-refractivity contribution in [3.63, 3.8) is 0 Å². The highest BCUT2D eigenvalue weighted by atomic mass is 35.5. The van der Waals surface area contributed by atoms with Crippen LogP contribution in [0.3, 0.4) is 0 Å². The quantitative estimate of drug-likeness (QED) is 0.638. The number of carbonyl (C=O) groups is 2. The molecule has 0 heterocycles. The fourth-order valence-electron chi connectivity index (χ4n) is 1.68. The highest BCUT2D eigenvalue weighted by Gasteiger charge is 2.13. The third-order valence-corrected chi connectivity index (χ3v) is 2.85. The van der Waals surface area contributed by atoms with Gasteiger partial charge in [-0.2, -0.15) is 0 Å². The van der Waals surface area contributed by atoms with Crippen LogP contribution in [-0.4, -0.2) is 18.5 Å². The molecule has 0 spiro atoms. The maximum Gasteiger partial charge on any atom is 0.343 e. The van der Waals surface area contributed by atoms with Crippen LogP contribution in [0.2, 0.25) is 5.02 Å². The fourth-order valence-corrected chi connectivity index (χ4v) is 1.86. The zero-order valence-corrected chi connectivity index (χ0v) is 12.1. The molecular weight excluding hydrogens is 292 g/mol. The third-order valence-electron chi connectivity index (χ3n) is 2.62. The Morgan fingerprint density at radius 3 is 2.33 bits per heavy atom. The standard InChI is InChI=1S/C16H13ClO4/c1-2-20-15(18)11-5-3-6-12(9-11)16(19)21-14-8-4-7-13(17)10-14/h3-10H,2H2,1H3. The predicted molar refractivity (Wildman–Crippen MR) is 78.8 cm³/mol. The molecule has 0 unspecified atom stereocenters. The van der Waals surface area contributed by atoms with Gasteiger partial charge in [0, 0.05) is 5.02 Å². The molecule has 0 aliphatic carbocycles. The summed E-state index contributed by atoms with van der Waals surface area (Å²) in [7, 11) is 0. The lowest BCUT2D eigenvalue weighted by atomic mass is 10.1. The van der Waals surface area contributed by atoms with Gasteiger partial charge in [-0.1, -0.05) is 23.7 Å². The van der Waals surface area contributed by atoms with Crippen LogP contribution >= 0.6 is 11.6 Å². The molecule has 5 heteroatoms. The van der Waals surface area contributed by atoms with Gasteiger partial charge in [0.15, 0.2) is 0 Å². The van der Waals surface area contributed by atoms with Gasteiger partial charge in [0.25, 0.3) is 0 Å². The van der Waals surface area contributed by atoms with E-state index in [0.29, 0.717) is 16.3 Å². The van der Waals surface area contributed by atoms with Gasteiger partial charge >= 0.3 is 11.9 Å². The van der Waals surface area contributed by atoms with E-state index in [4.69, 9.17) is 21.1 Å². The maximum atomic E-state index is 12.0. The molecule has 0 bridgehead atoms. The second-order valence-corrected chi connectivity index (χ2v) is 4.58. The van der Waals surface area contributed by atoms with E-state index >= 15 is 0 Å². The first-order valence-corrected chi connectivity index (χ1v) is 6.73. The smallest absolute Gasteiger partial charge is 0.343 e. The van der Waals surface area contributed by atoms with Crippen LogP contribution in [0.5, 0.6) is 5.75 Å². The van der Waals surface area contributed by atoms with Crippen molar-refractivity contribution < 1.29 is 19.1 Å². The summed E-state index contributed by atoms with van der Waals surface area (Å²) in [5.41, 5.74) is 0.568. The summed E-state index contributed by atoms with van der Waals surface area (Å²) >= 11 is 5.82. The zero-order chi connectivity index (χ0) is 15.2. The molecule has 2 aromatic rings. The molecule has 0 amide bonds. The van der Waals surface area contributed by atoms with E-state index in [9.17, 15) is 9.59 Å². The van der Waals surface area contributed by atoms with Crippen molar-refractivity contribution in [3.05, 3.63) is 64.7 Å². The largest absolute Gasteiger partial charge is 0.462 e. The van der Waals surface area contributed by atoms with Crippen LogP contribution in [0.1, 0.15) is 27.6 Å². The second-order valence-electron chi connectivity index (χ2n) is 4.15. The molecule has 0 aliphatic rings. The van der Waals surface area contributed by atoms with Crippen molar-refractivity contribution in [1.29, 1.82) is 0 Å². The average molecular weight is 305 g/mol. The average Bonchev–Trinajstić information content (AvgIpc) is 2.47. The predicted octanol–water partition coefficient (Wildman–Crippen LogP) is 3.74. The van der Waals surface area contributed by atoms with Crippen LogP contribution < -0.4 is 4.74 Å². The summed E-state index contributed by atoms with van der Waals surface area (Å²) in [6.07, 6.45) is 0. The normalized spacial score (nSPS) is 10.0. The molecule has 2 rings (SSSR count). The Kier molecular flexibility index (Phi) is 4.95. The number of carbonyl (C=O) groups excluding carboxylic acids is 2. The summed E-state index contributed by atoms with van der Waals surface area (Å²) in [5.74, 6) is -0.702. The zero-order valence-electron chi connectivity index (χ0n) is 11.3. The fraction of sp³-hybridized carbons (Fsp3) is 0.125. The monoisotopic (exact) mass is 304 g/mol. The van der Waals surface area contributed by atoms with Crippen LogP contribution in [0.15, 0.2) is 48.5 Å². The molecule has 2 aromatic carbocycles. The lowest BCUT2D eigenvalue weighted by molar-refractivity contribution is 0.0526. The van der Waals surface area contributed by atoms with Gasteiger partial charge in [0.1, 0.15) is 5.75 Å². The minimum absolute atomic E-state index is 0.264. The van der Waals surface area contributed by atoms with E-state index in [1.165, 1.54) is 12.1 Å².